The summed E-state index contributed by atoms with van der Waals surface area (Å²) in [6, 6.07) is 8.25. The lowest BCUT2D eigenvalue weighted by Gasteiger charge is -2.22. The van der Waals surface area contributed by atoms with E-state index < -0.39 is 0 Å². The summed E-state index contributed by atoms with van der Waals surface area (Å²) in [5.74, 6) is 0.869. The monoisotopic (exact) mass is 278 g/mol. The van der Waals surface area contributed by atoms with E-state index >= 15 is 0 Å². The molecular weight excluding hydrogens is 252 g/mol. The van der Waals surface area contributed by atoms with Crippen molar-refractivity contribution in [2.24, 2.45) is 0 Å². The SMILES string of the molecule is COc1cccc(C(C)NCC(O)CN2CCCC2)c1. The minimum atomic E-state index is -0.304. The molecule has 0 aromatic heterocycles. The van der Waals surface area contributed by atoms with Crippen molar-refractivity contribution >= 4 is 0 Å². The fraction of sp³-hybridized carbons (Fsp3) is 0.625. The van der Waals surface area contributed by atoms with E-state index in [0.717, 1.165) is 25.4 Å². The lowest BCUT2D eigenvalue weighted by molar-refractivity contribution is 0.121. The summed E-state index contributed by atoms with van der Waals surface area (Å²) < 4.78 is 5.24. The van der Waals surface area contributed by atoms with Gasteiger partial charge in [-0.1, -0.05) is 12.1 Å². The lowest BCUT2D eigenvalue weighted by Crippen LogP contribution is -2.37. The predicted molar refractivity (Wildman–Crippen MR) is 81.1 cm³/mol. The van der Waals surface area contributed by atoms with Crippen LogP contribution in [0.25, 0.3) is 0 Å². The number of aliphatic hydroxyl groups excluding tert-OH is 1. The van der Waals surface area contributed by atoms with Crippen molar-refractivity contribution in [3.05, 3.63) is 29.8 Å². The number of ether oxygens (including phenoxy) is 1. The molecule has 112 valence electrons. The molecule has 20 heavy (non-hydrogen) atoms. The number of benzene rings is 1. The molecule has 0 saturated carbocycles. The molecule has 1 aromatic carbocycles. The summed E-state index contributed by atoms with van der Waals surface area (Å²) in [5.41, 5.74) is 1.18. The second-order valence-corrected chi connectivity index (χ2v) is 5.57. The highest BCUT2D eigenvalue weighted by atomic mass is 16.5. The van der Waals surface area contributed by atoms with E-state index in [4.69, 9.17) is 4.74 Å². The Bertz CT molecular complexity index is 405. The van der Waals surface area contributed by atoms with Crippen molar-refractivity contribution in [1.82, 2.24) is 10.2 Å². The molecule has 2 unspecified atom stereocenters. The Morgan fingerprint density at radius 3 is 2.80 bits per heavy atom. The Labute approximate surface area is 121 Å². The van der Waals surface area contributed by atoms with E-state index in [0.29, 0.717) is 6.54 Å². The second-order valence-electron chi connectivity index (χ2n) is 5.57. The van der Waals surface area contributed by atoms with E-state index in [2.05, 4.69) is 23.2 Å². The van der Waals surface area contributed by atoms with Crippen LogP contribution in [0.4, 0.5) is 0 Å². The molecular formula is C16H26N2O2. The maximum Gasteiger partial charge on any atom is 0.119 e. The molecule has 1 heterocycles. The van der Waals surface area contributed by atoms with Crippen LogP contribution in [0.2, 0.25) is 0 Å². The van der Waals surface area contributed by atoms with Gasteiger partial charge in [0.05, 0.1) is 13.2 Å². The van der Waals surface area contributed by atoms with E-state index in [1.807, 2.05) is 18.2 Å². The van der Waals surface area contributed by atoms with Crippen LogP contribution in [0.5, 0.6) is 5.75 Å². The molecule has 1 aliphatic heterocycles. The minimum Gasteiger partial charge on any atom is -0.497 e. The number of aliphatic hydroxyl groups is 1. The fourth-order valence-corrected chi connectivity index (χ4v) is 2.67. The first-order valence-electron chi connectivity index (χ1n) is 7.47. The first-order valence-corrected chi connectivity index (χ1v) is 7.47. The van der Waals surface area contributed by atoms with Crippen LogP contribution in [0.1, 0.15) is 31.4 Å². The number of hydrogen-bond donors (Lipinski definition) is 2. The number of nitrogens with one attached hydrogen (secondary N) is 1. The molecule has 0 amide bonds. The molecule has 1 aromatic rings. The predicted octanol–water partition coefficient (Wildman–Crippen LogP) is 1.80. The van der Waals surface area contributed by atoms with Gasteiger partial charge in [0, 0.05) is 19.1 Å². The quantitative estimate of drug-likeness (QED) is 0.798. The number of likely N-dealkylation sites (tertiary alicyclic amines) is 1. The van der Waals surface area contributed by atoms with Gasteiger partial charge in [-0.15, -0.1) is 0 Å². The van der Waals surface area contributed by atoms with E-state index in [9.17, 15) is 5.11 Å². The number of nitrogens with zero attached hydrogens (tertiary/aromatic N) is 1. The third-order valence-corrected chi connectivity index (χ3v) is 3.92. The zero-order chi connectivity index (χ0) is 14.4. The smallest absolute Gasteiger partial charge is 0.119 e. The van der Waals surface area contributed by atoms with Gasteiger partial charge < -0.3 is 20.1 Å². The molecule has 1 saturated heterocycles. The first-order chi connectivity index (χ1) is 9.69. The van der Waals surface area contributed by atoms with Gasteiger partial charge in [0.1, 0.15) is 5.75 Å². The molecule has 0 spiro atoms. The zero-order valence-corrected chi connectivity index (χ0v) is 12.5. The molecule has 4 heteroatoms. The molecule has 4 nitrogen and oxygen atoms in total. The van der Waals surface area contributed by atoms with Crippen LogP contribution in [-0.4, -0.2) is 49.4 Å². The Morgan fingerprint density at radius 1 is 1.35 bits per heavy atom. The Hall–Kier alpha value is -1.10. The second kappa shape index (κ2) is 7.62. The van der Waals surface area contributed by atoms with Crippen molar-refractivity contribution in [1.29, 1.82) is 0 Å². The van der Waals surface area contributed by atoms with Crippen molar-refractivity contribution in [3.8, 4) is 5.75 Å². The topological polar surface area (TPSA) is 44.7 Å². The molecule has 1 aliphatic rings. The molecule has 0 bridgehead atoms. The third-order valence-electron chi connectivity index (χ3n) is 3.92. The van der Waals surface area contributed by atoms with Gasteiger partial charge in [0.15, 0.2) is 0 Å². The van der Waals surface area contributed by atoms with Crippen molar-refractivity contribution in [2.75, 3.05) is 33.3 Å². The maximum atomic E-state index is 10.1. The zero-order valence-electron chi connectivity index (χ0n) is 12.5. The Morgan fingerprint density at radius 2 is 2.10 bits per heavy atom. The van der Waals surface area contributed by atoms with Crippen LogP contribution in [0.3, 0.4) is 0 Å². The highest BCUT2D eigenvalue weighted by Gasteiger charge is 2.16. The van der Waals surface area contributed by atoms with E-state index in [1.54, 1.807) is 7.11 Å². The summed E-state index contributed by atoms with van der Waals surface area (Å²) in [4.78, 5) is 2.34. The van der Waals surface area contributed by atoms with Gasteiger partial charge in [-0.3, -0.25) is 0 Å². The molecule has 0 aliphatic carbocycles. The van der Waals surface area contributed by atoms with Crippen molar-refractivity contribution in [2.45, 2.75) is 31.9 Å². The minimum absolute atomic E-state index is 0.207. The first kappa shape index (κ1) is 15.3. The molecule has 2 rings (SSSR count). The van der Waals surface area contributed by atoms with Gasteiger partial charge in [-0.05, 0) is 50.6 Å². The number of β-amino-alcohol motifs (C(OH)–C–C–N with tert-alkyl or cyclic N) is 1. The third kappa shape index (κ3) is 4.47. The van der Waals surface area contributed by atoms with Gasteiger partial charge in [-0.25, -0.2) is 0 Å². The van der Waals surface area contributed by atoms with Crippen LogP contribution < -0.4 is 10.1 Å². The largest absolute Gasteiger partial charge is 0.497 e. The average Bonchev–Trinajstić information content (AvgIpc) is 2.97. The highest BCUT2D eigenvalue weighted by Crippen LogP contribution is 2.18. The molecule has 2 N–H and O–H groups in total. The van der Waals surface area contributed by atoms with Crippen LogP contribution in [0, 0.1) is 0 Å². The standard InChI is InChI=1S/C16H26N2O2/c1-13(14-6-5-7-16(10-14)20-2)17-11-15(19)12-18-8-3-4-9-18/h5-7,10,13,15,17,19H,3-4,8-9,11-12H2,1-2H3. The lowest BCUT2D eigenvalue weighted by atomic mass is 10.1. The molecule has 0 radical (unpaired) electrons. The van der Waals surface area contributed by atoms with Crippen LogP contribution >= 0.6 is 0 Å². The van der Waals surface area contributed by atoms with Gasteiger partial charge >= 0.3 is 0 Å². The number of hydrogen-bond acceptors (Lipinski definition) is 4. The normalized spacial score (nSPS) is 18.9. The molecule has 2 atom stereocenters. The number of methoxy groups -OCH3 is 1. The Balaban J connectivity index is 1.77. The number of rotatable bonds is 7. The summed E-state index contributed by atoms with van der Waals surface area (Å²) in [5, 5.41) is 13.5. The van der Waals surface area contributed by atoms with Gasteiger partial charge in [-0.2, -0.15) is 0 Å². The van der Waals surface area contributed by atoms with E-state index in [-0.39, 0.29) is 12.1 Å². The van der Waals surface area contributed by atoms with E-state index in [1.165, 1.54) is 18.4 Å². The van der Waals surface area contributed by atoms with Crippen LogP contribution in [0.15, 0.2) is 24.3 Å². The highest BCUT2D eigenvalue weighted by molar-refractivity contribution is 5.30. The maximum absolute atomic E-state index is 10.1. The summed E-state index contributed by atoms with van der Waals surface area (Å²) in [6.45, 7) is 5.76. The summed E-state index contributed by atoms with van der Waals surface area (Å²) >= 11 is 0. The van der Waals surface area contributed by atoms with Crippen molar-refractivity contribution in [3.63, 3.8) is 0 Å². The fourth-order valence-electron chi connectivity index (χ4n) is 2.67. The van der Waals surface area contributed by atoms with Crippen molar-refractivity contribution < 1.29 is 9.84 Å². The van der Waals surface area contributed by atoms with Crippen LogP contribution in [-0.2, 0) is 0 Å². The summed E-state index contributed by atoms with van der Waals surface area (Å²) in [7, 11) is 1.68. The average molecular weight is 278 g/mol. The molecule has 1 fully saturated rings. The summed E-state index contributed by atoms with van der Waals surface area (Å²) in [6.07, 6.45) is 2.22. The van der Waals surface area contributed by atoms with Gasteiger partial charge in [0.25, 0.3) is 0 Å². The van der Waals surface area contributed by atoms with Gasteiger partial charge in [0.2, 0.25) is 0 Å². The Kier molecular flexibility index (Phi) is 5.83.